The predicted molar refractivity (Wildman–Crippen MR) is 85.9 cm³/mol. The molecule has 20 heavy (non-hydrogen) atoms. The molecule has 1 aromatic rings. The molecule has 1 aliphatic rings. The summed E-state index contributed by atoms with van der Waals surface area (Å²) in [7, 11) is 2.25. The maximum atomic E-state index is 4.53. The second-order valence-corrected chi connectivity index (χ2v) is 6.21. The Hall–Kier alpha value is -1.09. The van der Waals surface area contributed by atoms with Crippen molar-refractivity contribution >= 4 is 5.69 Å². The van der Waals surface area contributed by atoms with Gasteiger partial charge in [-0.1, -0.05) is 26.7 Å². The summed E-state index contributed by atoms with van der Waals surface area (Å²) < 4.78 is 0. The molecular weight excluding hydrogens is 246 g/mol. The standard InChI is InChI=1S/C17H29N3/c1-4-10-18-15-9-11-19-16(12-15)13-20(3)17-8-6-5-7-14(17)2/h9,11-12,14,17H,4-8,10,13H2,1-3H3,(H,18,19). The van der Waals surface area contributed by atoms with Crippen LogP contribution in [0.2, 0.25) is 0 Å². The lowest BCUT2D eigenvalue weighted by molar-refractivity contribution is 0.132. The van der Waals surface area contributed by atoms with Gasteiger partial charge in [0.1, 0.15) is 0 Å². The maximum absolute atomic E-state index is 4.53. The highest BCUT2D eigenvalue weighted by atomic mass is 15.1. The molecule has 1 heterocycles. The first-order valence-electron chi connectivity index (χ1n) is 8.09. The van der Waals surface area contributed by atoms with Crippen LogP contribution >= 0.6 is 0 Å². The van der Waals surface area contributed by atoms with Crippen LogP contribution in [-0.2, 0) is 6.54 Å². The van der Waals surface area contributed by atoms with E-state index in [-0.39, 0.29) is 0 Å². The number of hydrogen-bond acceptors (Lipinski definition) is 3. The number of hydrogen-bond donors (Lipinski definition) is 1. The zero-order valence-corrected chi connectivity index (χ0v) is 13.2. The van der Waals surface area contributed by atoms with Crippen LogP contribution in [0.3, 0.4) is 0 Å². The van der Waals surface area contributed by atoms with Gasteiger partial charge < -0.3 is 5.32 Å². The molecule has 0 bridgehead atoms. The Bertz CT molecular complexity index is 405. The van der Waals surface area contributed by atoms with Crippen LogP contribution in [0.4, 0.5) is 5.69 Å². The molecule has 0 aliphatic heterocycles. The monoisotopic (exact) mass is 275 g/mol. The fraction of sp³-hybridized carbons (Fsp3) is 0.706. The SMILES string of the molecule is CCCNc1ccnc(CN(C)C2CCCCC2C)c1. The molecule has 0 saturated heterocycles. The lowest BCUT2D eigenvalue weighted by Crippen LogP contribution is -2.38. The van der Waals surface area contributed by atoms with Gasteiger partial charge in [-0.25, -0.2) is 0 Å². The van der Waals surface area contributed by atoms with Gasteiger partial charge in [0.15, 0.2) is 0 Å². The third-order valence-corrected chi connectivity index (χ3v) is 4.44. The first-order chi connectivity index (χ1) is 9.70. The van der Waals surface area contributed by atoms with Crippen molar-refractivity contribution in [2.24, 2.45) is 5.92 Å². The van der Waals surface area contributed by atoms with Gasteiger partial charge in [0.05, 0.1) is 5.69 Å². The van der Waals surface area contributed by atoms with Crippen molar-refractivity contribution in [1.29, 1.82) is 0 Å². The second kappa shape index (κ2) is 7.63. The van der Waals surface area contributed by atoms with Crippen molar-refractivity contribution in [1.82, 2.24) is 9.88 Å². The van der Waals surface area contributed by atoms with Crippen LogP contribution in [0.5, 0.6) is 0 Å². The molecule has 3 nitrogen and oxygen atoms in total. The smallest absolute Gasteiger partial charge is 0.0564 e. The molecule has 3 heteroatoms. The van der Waals surface area contributed by atoms with Gasteiger partial charge in [-0.2, -0.15) is 0 Å². The predicted octanol–water partition coefficient (Wildman–Crippen LogP) is 3.91. The fourth-order valence-electron chi connectivity index (χ4n) is 3.27. The van der Waals surface area contributed by atoms with Gasteiger partial charge in [0.25, 0.3) is 0 Å². The van der Waals surface area contributed by atoms with Gasteiger partial charge in [0, 0.05) is 31.0 Å². The summed E-state index contributed by atoms with van der Waals surface area (Å²) in [6.45, 7) is 6.57. The Kier molecular flexibility index (Phi) is 5.84. The summed E-state index contributed by atoms with van der Waals surface area (Å²) in [4.78, 5) is 7.02. The lowest BCUT2D eigenvalue weighted by Gasteiger charge is -2.36. The fourth-order valence-corrected chi connectivity index (χ4v) is 3.27. The number of anilines is 1. The van der Waals surface area contributed by atoms with E-state index in [0.717, 1.165) is 31.5 Å². The topological polar surface area (TPSA) is 28.2 Å². The largest absolute Gasteiger partial charge is 0.385 e. The first-order valence-corrected chi connectivity index (χ1v) is 8.09. The zero-order valence-electron chi connectivity index (χ0n) is 13.2. The number of aromatic nitrogens is 1. The van der Waals surface area contributed by atoms with Crippen molar-refractivity contribution in [2.75, 3.05) is 18.9 Å². The minimum atomic E-state index is 0.720. The molecule has 2 unspecified atom stereocenters. The van der Waals surface area contributed by atoms with E-state index in [2.05, 4.69) is 48.2 Å². The van der Waals surface area contributed by atoms with Gasteiger partial charge in [0.2, 0.25) is 0 Å². The van der Waals surface area contributed by atoms with E-state index in [1.807, 2.05) is 6.20 Å². The van der Waals surface area contributed by atoms with Gasteiger partial charge >= 0.3 is 0 Å². The molecule has 1 aromatic heterocycles. The molecular formula is C17H29N3. The number of rotatable bonds is 6. The molecule has 0 spiro atoms. The van der Waals surface area contributed by atoms with E-state index >= 15 is 0 Å². The summed E-state index contributed by atoms with van der Waals surface area (Å²) in [5, 5.41) is 3.44. The average molecular weight is 275 g/mol. The van der Waals surface area contributed by atoms with Crippen LogP contribution in [0.15, 0.2) is 18.3 Å². The normalized spacial score (nSPS) is 23.0. The number of pyridine rings is 1. The minimum absolute atomic E-state index is 0.720. The first kappa shape index (κ1) is 15.3. The van der Waals surface area contributed by atoms with Gasteiger partial charge in [-0.05, 0) is 44.4 Å². The molecule has 0 radical (unpaired) electrons. The highest BCUT2D eigenvalue weighted by Crippen LogP contribution is 2.28. The number of nitrogens with one attached hydrogen (secondary N) is 1. The number of nitrogens with zero attached hydrogens (tertiary/aromatic N) is 2. The van der Waals surface area contributed by atoms with Crippen LogP contribution in [-0.4, -0.2) is 29.5 Å². The van der Waals surface area contributed by atoms with Crippen molar-refractivity contribution < 1.29 is 0 Å². The lowest BCUT2D eigenvalue weighted by atomic mass is 9.85. The Morgan fingerprint density at radius 2 is 2.15 bits per heavy atom. The molecule has 2 rings (SSSR count). The average Bonchev–Trinajstić information content (AvgIpc) is 2.46. The molecule has 112 valence electrons. The third kappa shape index (κ3) is 4.20. The summed E-state index contributed by atoms with van der Waals surface area (Å²) >= 11 is 0. The van der Waals surface area contributed by atoms with Crippen molar-refractivity contribution in [3.63, 3.8) is 0 Å². The maximum Gasteiger partial charge on any atom is 0.0564 e. The van der Waals surface area contributed by atoms with Crippen LogP contribution < -0.4 is 5.32 Å². The Morgan fingerprint density at radius 3 is 2.90 bits per heavy atom. The summed E-state index contributed by atoms with van der Waals surface area (Å²) in [6.07, 6.45) is 8.57. The van der Waals surface area contributed by atoms with E-state index in [9.17, 15) is 0 Å². The van der Waals surface area contributed by atoms with Crippen LogP contribution in [0, 0.1) is 5.92 Å². The molecule has 2 atom stereocenters. The Labute approximate surface area is 123 Å². The third-order valence-electron chi connectivity index (χ3n) is 4.44. The van der Waals surface area contributed by atoms with Crippen molar-refractivity contribution in [3.8, 4) is 0 Å². The highest BCUT2D eigenvalue weighted by Gasteiger charge is 2.24. The summed E-state index contributed by atoms with van der Waals surface area (Å²) in [5.74, 6) is 0.815. The van der Waals surface area contributed by atoms with E-state index < -0.39 is 0 Å². The van der Waals surface area contributed by atoms with E-state index in [0.29, 0.717) is 0 Å². The second-order valence-electron chi connectivity index (χ2n) is 6.21. The van der Waals surface area contributed by atoms with Crippen LogP contribution in [0.25, 0.3) is 0 Å². The molecule has 1 saturated carbocycles. The quantitative estimate of drug-likeness (QED) is 0.853. The molecule has 1 fully saturated rings. The molecule has 1 aliphatic carbocycles. The van der Waals surface area contributed by atoms with Gasteiger partial charge in [-0.3, -0.25) is 9.88 Å². The van der Waals surface area contributed by atoms with E-state index in [4.69, 9.17) is 0 Å². The van der Waals surface area contributed by atoms with Crippen molar-refractivity contribution in [2.45, 2.75) is 58.5 Å². The zero-order chi connectivity index (χ0) is 14.4. The van der Waals surface area contributed by atoms with Crippen molar-refractivity contribution in [3.05, 3.63) is 24.0 Å². The summed E-state index contributed by atoms with van der Waals surface area (Å²) in [5.41, 5.74) is 2.37. The van der Waals surface area contributed by atoms with Crippen LogP contribution in [0.1, 0.15) is 51.6 Å². The Balaban J connectivity index is 1.94. The summed E-state index contributed by atoms with van der Waals surface area (Å²) in [6, 6.07) is 4.97. The molecule has 0 amide bonds. The van der Waals surface area contributed by atoms with Gasteiger partial charge in [-0.15, -0.1) is 0 Å². The minimum Gasteiger partial charge on any atom is -0.385 e. The van der Waals surface area contributed by atoms with E-state index in [1.165, 1.54) is 37.1 Å². The Morgan fingerprint density at radius 1 is 1.35 bits per heavy atom. The molecule has 1 N–H and O–H groups in total. The molecule has 0 aromatic carbocycles. The highest BCUT2D eigenvalue weighted by molar-refractivity contribution is 5.43. The van der Waals surface area contributed by atoms with E-state index in [1.54, 1.807) is 0 Å².